The maximum absolute atomic E-state index is 10.6. The van der Waals surface area contributed by atoms with Crippen molar-refractivity contribution >= 4 is 21.6 Å². The zero-order chi connectivity index (χ0) is 11.4. The lowest BCUT2D eigenvalue weighted by Gasteiger charge is -2.09. The Bertz CT molecular complexity index is 370. The molecule has 6 heteroatoms. The van der Waals surface area contributed by atoms with Crippen molar-refractivity contribution in [3.8, 4) is 0 Å². The van der Waals surface area contributed by atoms with E-state index in [4.69, 9.17) is 10.8 Å². The molecule has 15 heavy (non-hydrogen) atoms. The predicted molar refractivity (Wildman–Crippen MR) is 59.6 cm³/mol. The molecule has 0 amide bonds. The third-order valence-electron chi connectivity index (χ3n) is 1.97. The first-order valence-electron chi connectivity index (χ1n) is 4.34. The van der Waals surface area contributed by atoms with Crippen LogP contribution in [0.4, 0.5) is 5.69 Å². The van der Waals surface area contributed by atoms with Crippen LogP contribution in [-0.4, -0.2) is 22.7 Å². The minimum absolute atomic E-state index is 0.0117. The number of aliphatic hydroxyl groups is 1. The van der Waals surface area contributed by atoms with Gasteiger partial charge in [-0.25, -0.2) is 0 Å². The smallest absolute Gasteiger partial charge is 0.283 e. The molecule has 1 atom stereocenters. The van der Waals surface area contributed by atoms with Crippen LogP contribution in [0.5, 0.6) is 0 Å². The van der Waals surface area contributed by atoms with E-state index >= 15 is 0 Å². The van der Waals surface area contributed by atoms with Crippen LogP contribution in [0.15, 0.2) is 22.7 Å². The van der Waals surface area contributed by atoms with Crippen LogP contribution in [0.2, 0.25) is 0 Å². The van der Waals surface area contributed by atoms with Crippen LogP contribution in [0.3, 0.4) is 0 Å². The molecule has 0 aliphatic carbocycles. The molecule has 1 aromatic carbocycles. The molecular weight excluding hydrogens is 264 g/mol. The number of nitrogens with zero attached hydrogens (tertiary/aromatic N) is 1. The van der Waals surface area contributed by atoms with Crippen LogP contribution < -0.4 is 5.73 Å². The topological polar surface area (TPSA) is 89.4 Å². The van der Waals surface area contributed by atoms with E-state index in [1.807, 2.05) is 0 Å². The summed E-state index contributed by atoms with van der Waals surface area (Å²) in [4.78, 5) is 10.2. The van der Waals surface area contributed by atoms with Gasteiger partial charge in [-0.1, -0.05) is 12.1 Å². The van der Waals surface area contributed by atoms with Crippen molar-refractivity contribution < 1.29 is 10.0 Å². The van der Waals surface area contributed by atoms with Crippen molar-refractivity contribution in [1.82, 2.24) is 0 Å². The molecule has 0 saturated heterocycles. The zero-order valence-electron chi connectivity index (χ0n) is 7.89. The second kappa shape index (κ2) is 5.20. The fourth-order valence-electron chi connectivity index (χ4n) is 1.21. The number of nitrogens with two attached hydrogens (primary N) is 1. The van der Waals surface area contributed by atoms with Gasteiger partial charge >= 0.3 is 0 Å². The van der Waals surface area contributed by atoms with E-state index in [2.05, 4.69) is 15.9 Å². The van der Waals surface area contributed by atoms with E-state index in [0.29, 0.717) is 10.9 Å². The Labute approximate surface area is 95.2 Å². The fraction of sp³-hybridized carbons (Fsp3) is 0.333. The SMILES string of the molecule is NC(CO)Cc1cccc([N+](=O)[O-])c1Br. The van der Waals surface area contributed by atoms with E-state index in [9.17, 15) is 10.1 Å². The van der Waals surface area contributed by atoms with Crippen molar-refractivity contribution in [3.63, 3.8) is 0 Å². The van der Waals surface area contributed by atoms with E-state index in [1.54, 1.807) is 12.1 Å². The number of nitro groups is 1. The highest BCUT2D eigenvalue weighted by Gasteiger charge is 2.15. The highest BCUT2D eigenvalue weighted by molar-refractivity contribution is 9.10. The summed E-state index contributed by atoms with van der Waals surface area (Å²) in [5, 5.41) is 19.4. The molecule has 1 rings (SSSR count). The van der Waals surface area contributed by atoms with Gasteiger partial charge in [0.15, 0.2) is 0 Å². The molecule has 0 aromatic heterocycles. The maximum Gasteiger partial charge on any atom is 0.283 e. The van der Waals surface area contributed by atoms with Gasteiger partial charge in [-0.05, 0) is 27.9 Å². The lowest BCUT2D eigenvalue weighted by molar-refractivity contribution is -0.385. The minimum Gasteiger partial charge on any atom is -0.395 e. The lowest BCUT2D eigenvalue weighted by Crippen LogP contribution is -2.27. The Hall–Kier alpha value is -0.980. The van der Waals surface area contributed by atoms with Gasteiger partial charge in [0.05, 0.1) is 16.0 Å². The average molecular weight is 275 g/mol. The Morgan fingerprint density at radius 1 is 1.60 bits per heavy atom. The van der Waals surface area contributed by atoms with Gasteiger partial charge in [-0.15, -0.1) is 0 Å². The summed E-state index contributed by atoms with van der Waals surface area (Å²) in [5.74, 6) is 0. The summed E-state index contributed by atoms with van der Waals surface area (Å²) < 4.78 is 0.430. The molecule has 82 valence electrons. The first-order valence-corrected chi connectivity index (χ1v) is 5.13. The van der Waals surface area contributed by atoms with Crippen LogP contribution in [-0.2, 0) is 6.42 Å². The molecule has 0 saturated carbocycles. The van der Waals surface area contributed by atoms with Gasteiger partial charge < -0.3 is 10.8 Å². The predicted octanol–water partition coefficient (Wildman–Crippen LogP) is 1.22. The summed E-state index contributed by atoms with van der Waals surface area (Å²) in [5.41, 5.74) is 6.30. The first-order chi connectivity index (χ1) is 7.06. The number of rotatable bonds is 4. The number of hydrogen-bond acceptors (Lipinski definition) is 4. The summed E-state index contributed by atoms with van der Waals surface area (Å²) in [7, 11) is 0. The number of halogens is 1. The third-order valence-corrected chi connectivity index (χ3v) is 2.89. The molecule has 3 N–H and O–H groups in total. The van der Waals surface area contributed by atoms with Gasteiger partial charge in [0.1, 0.15) is 0 Å². The monoisotopic (exact) mass is 274 g/mol. The van der Waals surface area contributed by atoms with Crippen molar-refractivity contribution in [3.05, 3.63) is 38.3 Å². The number of benzene rings is 1. The fourth-order valence-corrected chi connectivity index (χ4v) is 1.78. The lowest BCUT2D eigenvalue weighted by atomic mass is 10.1. The van der Waals surface area contributed by atoms with Gasteiger partial charge in [0.2, 0.25) is 0 Å². The Morgan fingerprint density at radius 2 is 2.27 bits per heavy atom. The molecule has 0 heterocycles. The quantitative estimate of drug-likeness (QED) is 0.638. The maximum atomic E-state index is 10.6. The van der Waals surface area contributed by atoms with Gasteiger partial charge in [0.25, 0.3) is 5.69 Å². The summed E-state index contributed by atoms with van der Waals surface area (Å²) in [6.45, 7) is -0.144. The van der Waals surface area contributed by atoms with E-state index in [1.165, 1.54) is 6.07 Å². The van der Waals surface area contributed by atoms with Crippen molar-refractivity contribution in [2.45, 2.75) is 12.5 Å². The molecule has 0 fully saturated rings. The Kier molecular flexibility index (Phi) is 4.19. The zero-order valence-corrected chi connectivity index (χ0v) is 9.48. The van der Waals surface area contributed by atoms with Gasteiger partial charge in [0, 0.05) is 12.1 Å². The number of aliphatic hydroxyl groups excluding tert-OH is 1. The molecule has 0 radical (unpaired) electrons. The summed E-state index contributed by atoms with van der Waals surface area (Å²) in [6, 6.07) is 4.36. The minimum atomic E-state index is -0.460. The third kappa shape index (κ3) is 2.98. The molecule has 1 aromatic rings. The van der Waals surface area contributed by atoms with Crippen molar-refractivity contribution in [2.24, 2.45) is 5.73 Å². The van der Waals surface area contributed by atoms with E-state index < -0.39 is 11.0 Å². The average Bonchev–Trinajstić information content (AvgIpc) is 2.20. The van der Waals surface area contributed by atoms with Crippen LogP contribution in [0, 0.1) is 10.1 Å². The molecule has 0 aliphatic rings. The molecule has 5 nitrogen and oxygen atoms in total. The van der Waals surface area contributed by atoms with Crippen molar-refractivity contribution in [2.75, 3.05) is 6.61 Å². The van der Waals surface area contributed by atoms with Crippen molar-refractivity contribution in [1.29, 1.82) is 0 Å². The highest BCUT2D eigenvalue weighted by atomic mass is 79.9. The Morgan fingerprint density at radius 3 is 2.80 bits per heavy atom. The van der Waals surface area contributed by atoms with E-state index in [-0.39, 0.29) is 12.3 Å². The molecule has 1 unspecified atom stereocenters. The number of hydrogen-bond donors (Lipinski definition) is 2. The Balaban J connectivity index is 2.99. The molecular formula is C9H11BrN2O3. The molecule has 0 spiro atoms. The molecule has 0 bridgehead atoms. The molecule has 0 aliphatic heterocycles. The van der Waals surface area contributed by atoms with E-state index in [0.717, 1.165) is 5.56 Å². The second-order valence-electron chi connectivity index (χ2n) is 3.15. The summed E-state index contributed by atoms with van der Waals surface area (Å²) in [6.07, 6.45) is 0.402. The summed E-state index contributed by atoms with van der Waals surface area (Å²) >= 11 is 3.16. The second-order valence-corrected chi connectivity index (χ2v) is 3.95. The van der Waals surface area contributed by atoms with Gasteiger partial charge in [-0.2, -0.15) is 0 Å². The largest absolute Gasteiger partial charge is 0.395 e. The normalized spacial score (nSPS) is 12.5. The van der Waals surface area contributed by atoms with Crippen LogP contribution in [0.25, 0.3) is 0 Å². The van der Waals surface area contributed by atoms with Gasteiger partial charge in [-0.3, -0.25) is 10.1 Å². The van der Waals surface area contributed by atoms with Crippen LogP contribution >= 0.6 is 15.9 Å². The standard InChI is InChI=1S/C9H11BrN2O3/c10-9-6(4-7(11)5-13)2-1-3-8(9)12(14)15/h1-3,7,13H,4-5,11H2. The first kappa shape index (κ1) is 12.1. The number of nitro benzene ring substituents is 1. The highest BCUT2D eigenvalue weighted by Crippen LogP contribution is 2.28. The van der Waals surface area contributed by atoms with Crippen LogP contribution in [0.1, 0.15) is 5.56 Å².